The lowest BCUT2D eigenvalue weighted by molar-refractivity contribution is -0.314. The van der Waals surface area contributed by atoms with Crippen molar-refractivity contribution >= 4 is 11.9 Å². The number of ether oxygens (including phenoxy) is 1. The van der Waals surface area contributed by atoms with Crippen LogP contribution in [0, 0.1) is 23.7 Å². The summed E-state index contributed by atoms with van der Waals surface area (Å²) in [5.41, 5.74) is 0. The molecule has 0 unspecified atom stereocenters. The molecule has 2 saturated carbocycles. The highest BCUT2D eigenvalue weighted by molar-refractivity contribution is 5.81. The van der Waals surface area contributed by atoms with E-state index in [-0.39, 0.29) is 17.8 Å². The van der Waals surface area contributed by atoms with Gasteiger partial charge in [-0.3, -0.25) is 4.79 Å². The average Bonchev–Trinajstić information content (AvgIpc) is 2.74. The van der Waals surface area contributed by atoms with Gasteiger partial charge in [-0.1, -0.05) is 0 Å². The molecule has 0 aromatic heterocycles. The smallest absolute Gasteiger partial charge is 0.309 e. The van der Waals surface area contributed by atoms with Gasteiger partial charge in [-0.25, -0.2) is 0 Å². The molecule has 14 heavy (non-hydrogen) atoms. The first-order valence-electron chi connectivity index (χ1n) is 4.94. The molecule has 0 saturated heterocycles. The molecular weight excluding hydrogens is 184 g/mol. The van der Waals surface area contributed by atoms with E-state index in [1.54, 1.807) is 0 Å². The first kappa shape index (κ1) is 9.49. The van der Waals surface area contributed by atoms with E-state index in [4.69, 9.17) is 0 Å². The van der Waals surface area contributed by atoms with Crippen LogP contribution in [0.15, 0.2) is 0 Å². The quantitative estimate of drug-likeness (QED) is 0.563. The summed E-state index contributed by atoms with van der Waals surface area (Å²) in [6, 6.07) is 0. The molecule has 0 aliphatic heterocycles. The van der Waals surface area contributed by atoms with Gasteiger partial charge in [0, 0.05) is 11.9 Å². The second-order valence-electron chi connectivity index (χ2n) is 4.23. The Morgan fingerprint density at radius 2 is 1.79 bits per heavy atom. The van der Waals surface area contributed by atoms with E-state index < -0.39 is 17.8 Å². The van der Waals surface area contributed by atoms with Gasteiger partial charge in [0.25, 0.3) is 0 Å². The van der Waals surface area contributed by atoms with Crippen molar-refractivity contribution in [2.24, 2.45) is 23.7 Å². The van der Waals surface area contributed by atoms with E-state index in [1.807, 2.05) is 0 Å². The van der Waals surface area contributed by atoms with Crippen LogP contribution in [-0.2, 0) is 14.3 Å². The van der Waals surface area contributed by atoms with Gasteiger partial charge in [0.15, 0.2) is 0 Å². The Morgan fingerprint density at radius 3 is 2.29 bits per heavy atom. The summed E-state index contributed by atoms with van der Waals surface area (Å²) >= 11 is 0. The van der Waals surface area contributed by atoms with Gasteiger partial charge >= 0.3 is 5.97 Å². The predicted octanol–water partition coefficient (Wildman–Crippen LogP) is -0.428. The zero-order chi connectivity index (χ0) is 10.3. The molecule has 0 aromatic carbocycles. The molecule has 2 aliphatic carbocycles. The molecule has 2 aliphatic rings. The fraction of sp³-hybridized carbons (Fsp3) is 0.800. The van der Waals surface area contributed by atoms with E-state index in [0.717, 1.165) is 19.3 Å². The molecule has 0 radical (unpaired) electrons. The Labute approximate surface area is 82.2 Å². The SMILES string of the molecule is COC(=O)[C@H]1[C@H]2CC[C@@H](C2)[C@@H]1C(=O)[O-]. The van der Waals surface area contributed by atoms with E-state index in [9.17, 15) is 14.7 Å². The highest BCUT2D eigenvalue weighted by atomic mass is 16.5. The lowest BCUT2D eigenvalue weighted by Crippen LogP contribution is -2.42. The van der Waals surface area contributed by atoms with Crippen LogP contribution >= 0.6 is 0 Å². The number of methoxy groups -OCH3 is 1. The summed E-state index contributed by atoms with van der Waals surface area (Å²) in [6.07, 6.45) is 2.71. The predicted molar refractivity (Wildman–Crippen MR) is 44.8 cm³/mol. The Hall–Kier alpha value is -1.06. The Morgan fingerprint density at radius 1 is 1.21 bits per heavy atom. The maximum absolute atomic E-state index is 11.4. The van der Waals surface area contributed by atoms with Crippen molar-refractivity contribution in [3.63, 3.8) is 0 Å². The van der Waals surface area contributed by atoms with Gasteiger partial charge in [0.05, 0.1) is 13.0 Å². The summed E-state index contributed by atoms with van der Waals surface area (Å²) in [4.78, 5) is 22.3. The number of hydrogen-bond donors (Lipinski definition) is 0. The number of fused-ring (bicyclic) bond motifs is 2. The molecule has 0 spiro atoms. The molecule has 0 amide bonds. The molecule has 4 atom stereocenters. The van der Waals surface area contributed by atoms with E-state index in [0.29, 0.717) is 0 Å². The average molecular weight is 197 g/mol. The molecule has 78 valence electrons. The minimum Gasteiger partial charge on any atom is -0.550 e. The minimum absolute atomic E-state index is 0.133. The monoisotopic (exact) mass is 197 g/mol. The van der Waals surface area contributed by atoms with Gasteiger partial charge in [-0.05, 0) is 31.1 Å². The third kappa shape index (κ3) is 1.21. The van der Waals surface area contributed by atoms with Crippen molar-refractivity contribution in [3.05, 3.63) is 0 Å². The third-order valence-corrected chi connectivity index (χ3v) is 3.66. The van der Waals surface area contributed by atoms with E-state index in [2.05, 4.69) is 4.74 Å². The Bertz CT molecular complexity index is 273. The summed E-state index contributed by atoms with van der Waals surface area (Å²) in [5, 5.41) is 10.9. The van der Waals surface area contributed by atoms with Crippen molar-refractivity contribution in [3.8, 4) is 0 Å². The van der Waals surface area contributed by atoms with Crippen LogP contribution in [0.5, 0.6) is 0 Å². The second-order valence-corrected chi connectivity index (χ2v) is 4.23. The lowest BCUT2D eigenvalue weighted by Gasteiger charge is -2.29. The molecular formula is C10H13O4-. The number of hydrogen-bond acceptors (Lipinski definition) is 4. The maximum Gasteiger partial charge on any atom is 0.309 e. The fourth-order valence-corrected chi connectivity index (χ4v) is 3.11. The highest BCUT2D eigenvalue weighted by Gasteiger charge is 2.51. The van der Waals surface area contributed by atoms with Crippen LogP contribution < -0.4 is 5.11 Å². The molecule has 2 fully saturated rings. The van der Waals surface area contributed by atoms with Crippen LogP contribution in [0.3, 0.4) is 0 Å². The molecule has 4 nitrogen and oxygen atoms in total. The Kier molecular flexibility index (Phi) is 2.21. The summed E-state index contributed by atoms with van der Waals surface area (Å²) in [7, 11) is 1.31. The van der Waals surface area contributed by atoms with Gasteiger partial charge in [0.2, 0.25) is 0 Å². The first-order chi connectivity index (χ1) is 6.65. The molecule has 0 N–H and O–H groups in total. The fourth-order valence-electron chi connectivity index (χ4n) is 3.11. The van der Waals surface area contributed by atoms with E-state index in [1.165, 1.54) is 7.11 Å². The summed E-state index contributed by atoms with van der Waals surface area (Å²) in [5.74, 6) is -2.20. The largest absolute Gasteiger partial charge is 0.550 e. The number of carboxylic acid groups (broad SMARTS) is 1. The van der Waals surface area contributed by atoms with Crippen molar-refractivity contribution < 1.29 is 19.4 Å². The van der Waals surface area contributed by atoms with Crippen molar-refractivity contribution in [1.29, 1.82) is 0 Å². The highest BCUT2D eigenvalue weighted by Crippen LogP contribution is 2.52. The number of esters is 1. The van der Waals surface area contributed by atoms with Gasteiger partial charge in [-0.15, -0.1) is 0 Å². The maximum atomic E-state index is 11.4. The van der Waals surface area contributed by atoms with Crippen LogP contribution in [-0.4, -0.2) is 19.0 Å². The van der Waals surface area contributed by atoms with Crippen LogP contribution in [0.25, 0.3) is 0 Å². The Balaban J connectivity index is 2.21. The van der Waals surface area contributed by atoms with Crippen molar-refractivity contribution in [2.45, 2.75) is 19.3 Å². The van der Waals surface area contributed by atoms with Gasteiger partial charge < -0.3 is 14.6 Å². The molecule has 0 heterocycles. The number of rotatable bonds is 2. The van der Waals surface area contributed by atoms with Crippen molar-refractivity contribution in [1.82, 2.24) is 0 Å². The topological polar surface area (TPSA) is 66.4 Å². The zero-order valence-corrected chi connectivity index (χ0v) is 8.06. The lowest BCUT2D eigenvalue weighted by atomic mass is 9.79. The second kappa shape index (κ2) is 3.26. The first-order valence-corrected chi connectivity index (χ1v) is 4.94. The molecule has 0 aromatic rings. The number of aliphatic carboxylic acids is 1. The van der Waals surface area contributed by atoms with Gasteiger partial charge in [0.1, 0.15) is 0 Å². The molecule has 4 heteroatoms. The summed E-state index contributed by atoms with van der Waals surface area (Å²) < 4.78 is 4.64. The number of carbonyl (C=O) groups excluding carboxylic acids is 2. The van der Waals surface area contributed by atoms with Crippen LogP contribution in [0.2, 0.25) is 0 Å². The third-order valence-electron chi connectivity index (χ3n) is 3.66. The molecule has 2 rings (SSSR count). The zero-order valence-electron chi connectivity index (χ0n) is 8.06. The standard InChI is InChI=1S/C10H14O4/c1-14-10(13)8-6-3-2-5(4-6)7(8)9(11)12/h5-8H,2-4H2,1H3,(H,11,12)/p-1/t5-,6-,7-,8-/m0/s1. The minimum atomic E-state index is -1.09. The normalized spacial score (nSPS) is 39.8. The number of carboxylic acids is 1. The van der Waals surface area contributed by atoms with E-state index >= 15 is 0 Å². The van der Waals surface area contributed by atoms with Crippen LogP contribution in [0.1, 0.15) is 19.3 Å². The van der Waals surface area contributed by atoms with Crippen molar-refractivity contribution in [2.75, 3.05) is 7.11 Å². The number of carbonyl (C=O) groups is 2. The van der Waals surface area contributed by atoms with Crippen LogP contribution in [0.4, 0.5) is 0 Å². The van der Waals surface area contributed by atoms with Gasteiger partial charge in [-0.2, -0.15) is 0 Å². The summed E-state index contributed by atoms with van der Waals surface area (Å²) in [6.45, 7) is 0. The molecule has 2 bridgehead atoms.